The predicted octanol–water partition coefficient (Wildman–Crippen LogP) is 3.21. The normalized spacial score (nSPS) is 16.5. The Morgan fingerprint density at radius 3 is 2.35 bits per heavy atom. The summed E-state index contributed by atoms with van der Waals surface area (Å²) in [6.45, 7) is 4.78. The first-order valence-corrected chi connectivity index (χ1v) is 13.8. The van der Waals surface area contributed by atoms with Crippen molar-refractivity contribution in [2.24, 2.45) is 0 Å². The number of carbonyl (C=O) groups is 1. The van der Waals surface area contributed by atoms with Gasteiger partial charge < -0.3 is 26.6 Å². The lowest BCUT2D eigenvalue weighted by molar-refractivity contribution is -0.145. The van der Waals surface area contributed by atoms with E-state index in [1.165, 1.54) is 18.2 Å². The number of carbonyl (C=O) groups excluding carboxylic acids is 1. The Labute approximate surface area is 218 Å². The van der Waals surface area contributed by atoms with Crippen LogP contribution in [0.4, 0.5) is 16.2 Å². The van der Waals surface area contributed by atoms with Crippen LogP contribution in [-0.4, -0.2) is 54.5 Å². The Morgan fingerprint density at radius 1 is 1.11 bits per heavy atom. The number of amides is 1. The number of aliphatic hydroxyl groups excluding tert-OH is 1. The summed E-state index contributed by atoms with van der Waals surface area (Å²) >= 11 is 0. The Balaban J connectivity index is 1.88. The van der Waals surface area contributed by atoms with E-state index in [9.17, 15) is 18.3 Å². The fourth-order valence-electron chi connectivity index (χ4n) is 4.08. The van der Waals surface area contributed by atoms with Crippen LogP contribution in [0, 0.1) is 0 Å². The third-order valence-electron chi connectivity index (χ3n) is 5.99. The van der Waals surface area contributed by atoms with Crippen LogP contribution in [0.25, 0.3) is 0 Å². The van der Waals surface area contributed by atoms with Gasteiger partial charge in [0.05, 0.1) is 41.1 Å². The molecule has 3 rings (SSSR count). The van der Waals surface area contributed by atoms with Gasteiger partial charge in [-0.1, -0.05) is 47.6 Å². The lowest BCUT2D eigenvalue weighted by atomic mass is 10.0. The highest BCUT2D eigenvalue weighted by atomic mass is 32.2. The highest BCUT2D eigenvalue weighted by molar-refractivity contribution is 7.89. The monoisotopic (exact) mass is 534 g/mol. The largest absolute Gasteiger partial charge is 0.444 e. The molecule has 0 spiro atoms. The number of anilines is 2. The van der Waals surface area contributed by atoms with Gasteiger partial charge in [0, 0.05) is 0 Å². The van der Waals surface area contributed by atoms with Gasteiger partial charge in [-0.15, -0.1) is 0 Å². The average Bonchev–Trinajstić information content (AvgIpc) is 3.32. The van der Waals surface area contributed by atoms with Gasteiger partial charge in [0.15, 0.2) is 0 Å². The number of nitrogen functional groups attached to an aromatic ring is 2. The van der Waals surface area contributed by atoms with E-state index in [0.29, 0.717) is 12.8 Å². The van der Waals surface area contributed by atoms with Gasteiger partial charge in [0.25, 0.3) is 10.0 Å². The van der Waals surface area contributed by atoms with E-state index >= 15 is 0 Å². The number of benzene rings is 2. The van der Waals surface area contributed by atoms with E-state index in [2.05, 4.69) is 5.32 Å². The fraction of sp³-hybridized carbons (Fsp3) is 0.500. The summed E-state index contributed by atoms with van der Waals surface area (Å²) in [6, 6.07) is 12.4. The highest BCUT2D eigenvalue weighted by Gasteiger charge is 2.35. The van der Waals surface area contributed by atoms with Crippen LogP contribution in [0.2, 0.25) is 0 Å². The Kier molecular flexibility index (Phi) is 9.41. The molecule has 1 amide bonds. The molecular weight excluding hydrogens is 496 g/mol. The summed E-state index contributed by atoms with van der Waals surface area (Å²) in [5.74, 6) is 0. The van der Waals surface area contributed by atoms with Crippen LogP contribution in [0.5, 0.6) is 0 Å². The van der Waals surface area contributed by atoms with Crippen molar-refractivity contribution in [3.05, 3.63) is 54.1 Å². The molecule has 11 heteroatoms. The number of nitrogens with two attached hydrogens (primary N) is 2. The average molecular weight is 535 g/mol. The Bertz CT molecular complexity index is 1150. The molecule has 0 unspecified atom stereocenters. The summed E-state index contributed by atoms with van der Waals surface area (Å²) in [7, 11) is -4.21. The van der Waals surface area contributed by atoms with Gasteiger partial charge in [0.1, 0.15) is 5.60 Å². The summed E-state index contributed by atoms with van der Waals surface area (Å²) in [5, 5.41) is 14.0. The molecule has 6 N–H and O–H groups in total. The molecule has 2 aromatic carbocycles. The molecule has 2 atom stereocenters. The van der Waals surface area contributed by atoms with Crippen molar-refractivity contribution in [2.45, 2.75) is 81.6 Å². The number of nitrogens with zero attached hydrogens (tertiary/aromatic N) is 1. The van der Waals surface area contributed by atoms with E-state index in [-0.39, 0.29) is 28.8 Å². The summed E-state index contributed by atoms with van der Waals surface area (Å²) < 4.78 is 33.4. The van der Waals surface area contributed by atoms with E-state index in [1.54, 1.807) is 20.8 Å². The molecular formula is C26H38N4O6S. The van der Waals surface area contributed by atoms with Gasteiger partial charge in [-0.2, -0.15) is 0 Å². The van der Waals surface area contributed by atoms with Gasteiger partial charge in [0.2, 0.25) is 0 Å². The molecule has 0 aromatic heterocycles. The number of hydrogen-bond donors (Lipinski definition) is 4. The number of nitrogens with one attached hydrogen (secondary N) is 1. The topological polar surface area (TPSA) is 157 Å². The fourth-order valence-corrected chi connectivity index (χ4v) is 5.41. The second-order valence-electron chi connectivity index (χ2n) is 10.3. The minimum Gasteiger partial charge on any atom is -0.444 e. The van der Waals surface area contributed by atoms with Crippen LogP contribution in [-0.2, 0) is 26.0 Å². The predicted molar refractivity (Wildman–Crippen MR) is 142 cm³/mol. The minimum atomic E-state index is -4.21. The smallest absolute Gasteiger partial charge is 0.407 e. The second-order valence-corrected chi connectivity index (χ2v) is 12.1. The van der Waals surface area contributed by atoms with E-state index < -0.39 is 40.4 Å². The number of hydrogen-bond acceptors (Lipinski definition) is 8. The van der Waals surface area contributed by atoms with Gasteiger partial charge >= 0.3 is 6.09 Å². The minimum absolute atomic E-state index is 0.107. The van der Waals surface area contributed by atoms with Crippen molar-refractivity contribution in [3.8, 4) is 0 Å². The first kappa shape index (κ1) is 28.7. The number of rotatable bonds is 10. The zero-order valence-electron chi connectivity index (χ0n) is 21.6. The molecule has 204 valence electrons. The number of alkyl carbamates (subject to hydrolysis) is 1. The molecule has 10 nitrogen and oxygen atoms in total. The van der Waals surface area contributed by atoms with E-state index in [4.69, 9.17) is 21.0 Å². The molecule has 37 heavy (non-hydrogen) atoms. The number of sulfonamides is 1. The highest BCUT2D eigenvalue weighted by Crippen LogP contribution is 2.28. The number of hydroxylamine groups is 1. The third kappa shape index (κ3) is 8.32. The van der Waals surface area contributed by atoms with Crippen molar-refractivity contribution in [3.63, 3.8) is 0 Å². The molecule has 1 aliphatic carbocycles. The molecule has 0 saturated heterocycles. The summed E-state index contributed by atoms with van der Waals surface area (Å²) in [6.07, 6.45) is 1.15. The maximum absolute atomic E-state index is 13.6. The maximum Gasteiger partial charge on any atom is 0.407 e. The van der Waals surface area contributed by atoms with Crippen LogP contribution in [0.3, 0.4) is 0 Å². The van der Waals surface area contributed by atoms with Gasteiger partial charge in [-0.25, -0.2) is 13.2 Å². The Morgan fingerprint density at radius 2 is 1.76 bits per heavy atom. The standard InChI is InChI=1S/C26H38N4O6S/c1-26(2,3)35-25(32)29-23(15-18-9-5-4-6-10-18)24(31)17-30(36-19-11-7-8-12-19)37(33,34)20-13-14-21(27)22(28)16-20/h4-6,9-10,13-14,16,19,23-24,31H,7-8,11-12,15,17,27-28H2,1-3H3,(H,29,32)/t23-,24+/m0/s1. The van der Waals surface area contributed by atoms with Crippen molar-refractivity contribution < 1.29 is 27.9 Å². The third-order valence-corrected chi connectivity index (χ3v) is 7.62. The molecule has 0 bridgehead atoms. The first-order chi connectivity index (χ1) is 17.3. The number of aliphatic hydroxyl groups is 1. The summed E-state index contributed by atoms with van der Waals surface area (Å²) in [4.78, 5) is 18.4. The van der Waals surface area contributed by atoms with Crippen molar-refractivity contribution in [1.29, 1.82) is 0 Å². The maximum atomic E-state index is 13.6. The summed E-state index contributed by atoms with van der Waals surface area (Å²) in [5.41, 5.74) is 12.1. The molecule has 1 aliphatic rings. The molecule has 0 heterocycles. The zero-order chi connectivity index (χ0) is 27.2. The molecule has 1 fully saturated rings. The Hall–Kier alpha value is -2.86. The lowest BCUT2D eigenvalue weighted by Crippen LogP contribution is -2.51. The van der Waals surface area contributed by atoms with E-state index in [1.807, 2.05) is 30.3 Å². The van der Waals surface area contributed by atoms with Gasteiger partial charge in [-0.05, 0) is 63.8 Å². The first-order valence-electron chi connectivity index (χ1n) is 12.4. The van der Waals surface area contributed by atoms with Crippen molar-refractivity contribution in [1.82, 2.24) is 9.79 Å². The van der Waals surface area contributed by atoms with Crippen LogP contribution >= 0.6 is 0 Å². The molecule has 1 saturated carbocycles. The second kappa shape index (κ2) is 12.1. The van der Waals surface area contributed by atoms with Crippen LogP contribution in [0.15, 0.2) is 53.4 Å². The number of ether oxygens (including phenoxy) is 1. The molecule has 0 aliphatic heterocycles. The van der Waals surface area contributed by atoms with Gasteiger partial charge in [-0.3, -0.25) is 4.84 Å². The molecule has 2 aromatic rings. The van der Waals surface area contributed by atoms with Crippen molar-refractivity contribution >= 4 is 27.5 Å². The van der Waals surface area contributed by atoms with E-state index in [0.717, 1.165) is 22.9 Å². The van der Waals surface area contributed by atoms with Crippen LogP contribution < -0.4 is 16.8 Å². The molecule has 0 radical (unpaired) electrons. The SMILES string of the molecule is CC(C)(C)OC(=O)N[C@@H](Cc1ccccc1)[C@H](O)CN(OC1CCCC1)S(=O)(=O)c1ccc(N)c(N)c1. The van der Waals surface area contributed by atoms with Crippen LogP contribution in [0.1, 0.15) is 52.0 Å². The van der Waals surface area contributed by atoms with Crippen molar-refractivity contribution in [2.75, 3.05) is 18.0 Å². The quantitative estimate of drug-likeness (QED) is 0.267. The lowest BCUT2D eigenvalue weighted by Gasteiger charge is -2.31. The zero-order valence-corrected chi connectivity index (χ0v) is 22.4.